The highest BCUT2D eigenvalue weighted by Gasteiger charge is 2.29. The molecule has 72 heavy (non-hydrogen) atoms. The van der Waals surface area contributed by atoms with Crippen LogP contribution in [0.3, 0.4) is 0 Å². The lowest BCUT2D eigenvalue weighted by atomic mass is 9.91. The molecule has 0 fully saturated rings. The molecule has 0 radical (unpaired) electrons. The van der Waals surface area contributed by atoms with Crippen LogP contribution in [0.1, 0.15) is 141 Å². The van der Waals surface area contributed by atoms with E-state index in [9.17, 15) is 58.5 Å². The third-order valence-electron chi connectivity index (χ3n) is 10.2. The van der Waals surface area contributed by atoms with Gasteiger partial charge in [0.05, 0.1) is 35.7 Å². The van der Waals surface area contributed by atoms with E-state index in [1.807, 2.05) is 34.6 Å². The van der Waals surface area contributed by atoms with Gasteiger partial charge in [-0.1, -0.05) is 40.5 Å². The van der Waals surface area contributed by atoms with Crippen molar-refractivity contribution in [3.63, 3.8) is 0 Å². The largest absolute Gasteiger partial charge is 0.465 e. The molecular weight excluding hydrogens is 949 g/mol. The molecule has 21 heteroatoms. The van der Waals surface area contributed by atoms with Crippen molar-refractivity contribution in [1.29, 1.82) is 0 Å². The molecule has 0 aromatic carbocycles. The first-order chi connectivity index (χ1) is 33.3. The highest BCUT2D eigenvalue weighted by atomic mass is 16.6. The number of hydrogen-bond donors (Lipinski definition) is 3. The molecule has 0 heterocycles. The standard InChI is InChI=1S/C19H30O9.C19H32O7.C13H22O5/c1-6-19(4,5)18(24)26-10-9-25-15(21)7-8-16(22)27-11-14(20)12-28-17(23)13(2)3;1-6-19(4,5)18(23)24-11-9-7-8-10-16(21)25-12-15(20)13-26-17(22)14(2)3;1-6-13(4,5)12(16)18-8-10(14)7-17-11(15)9(2)3/h14,20H,2,6-12H2,1,3-5H3;15,20H,2,6-13H2,1,3-5H3;10,14H,2,6-8H2,1,3-5H3. The Kier molecular flexibility index (Phi) is 37.3. The van der Waals surface area contributed by atoms with Gasteiger partial charge in [-0.2, -0.15) is 0 Å². The lowest BCUT2D eigenvalue weighted by molar-refractivity contribution is -0.160. The van der Waals surface area contributed by atoms with Gasteiger partial charge in [0.25, 0.3) is 0 Å². The molecular formula is C51H84O21. The molecule has 0 amide bonds. The van der Waals surface area contributed by atoms with Crippen molar-refractivity contribution in [1.82, 2.24) is 0 Å². The summed E-state index contributed by atoms with van der Waals surface area (Å²) in [6.07, 6.45) is 0.497. The third kappa shape index (κ3) is 36.3. The maximum Gasteiger partial charge on any atom is 0.333 e. The van der Waals surface area contributed by atoms with Crippen LogP contribution in [0.5, 0.6) is 0 Å². The topological polar surface area (TPSA) is 297 Å². The number of ether oxygens (including phenoxy) is 9. The third-order valence-corrected chi connectivity index (χ3v) is 10.2. The molecule has 0 saturated heterocycles. The predicted octanol–water partition coefficient (Wildman–Crippen LogP) is 5.31. The minimum atomic E-state index is -1.18. The Morgan fingerprint density at radius 3 is 1.00 bits per heavy atom. The van der Waals surface area contributed by atoms with Gasteiger partial charge in [0.2, 0.25) is 0 Å². The Hall–Kier alpha value is -5.67. The van der Waals surface area contributed by atoms with E-state index < -0.39 is 70.4 Å². The molecule has 3 N–H and O–H groups in total. The molecule has 3 unspecified atom stereocenters. The Bertz CT molecular complexity index is 1760. The van der Waals surface area contributed by atoms with Gasteiger partial charge in [0.1, 0.15) is 71.2 Å². The fourth-order valence-electron chi connectivity index (χ4n) is 4.02. The van der Waals surface area contributed by atoms with Crippen molar-refractivity contribution in [2.24, 2.45) is 16.2 Å². The zero-order chi connectivity index (χ0) is 56.3. The molecule has 0 rings (SSSR count). The van der Waals surface area contributed by atoms with Crippen LogP contribution >= 0.6 is 0 Å². The lowest BCUT2D eigenvalue weighted by Gasteiger charge is -2.21. The second-order valence-corrected chi connectivity index (χ2v) is 18.6. The van der Waals surface area contributed by atoms with Crippen molar-refractivity contribution < 1.29 is 101 Å². The van der Waals surface area contributed by atoms with E-state index in [4.69, 9.17) is 42.6 Å². The smallest absolute Gasteiger partial charge is 0.333 e. The summed E-state index contributed by atoms with van der Waals surface area (Å²) >= 11 is 0. The van der Waals surface area contributed by atoms with Crippen LogP contribution in [-0.4, -0.2) is 147 Å². The number of carbonyl (C=O) groups is 9. The van der Waals surface area contributed by atoms with Crippen molar-refractivity contribution in [2.45, 2.75) is 159 Å². The van der Waals surface area contributed by atoms with Crippen molar-refractivity contribution in [3.8, 4) is 0 Å². The average molecular weight is 1030 g/mol. The first-order valence-corrected chi connectivity index (χ1v) is 23.8. The lowest BCUT2D eigenvalue weighted by Crippen LogP contribution is -2.31. The summed E-state index contributed by atoms with van der Waals surface area (Å²) in [6, 6.07) is 0. The number of unbranched alkanes of at least 4 members (excludes halogenated alkanes) is 2. The quantitative estimate of drug-likeness (QED) is 0.0325. The van der Waals surface area contributed by atoms with Gasteiger partial charge in [-0.15, -0.1) is 0 Å². The molecule has 0 aliphatic rings. The SMILES string of the molecule is C=C(C)C(=O)OCC(O)COC(=O)C(C)(C)CC.C=C(C)C(=O)OCC(O)COC(=O)CCC(=O)OCCOC(=O)C(C)(C)CC.C=C(C)C(=O)OCC(O)COC(=O)CCCCCOC(=O)C(C)(C)CC. The summed E-state index contributed by atoms with van der Waals surface area (Å²) in [6.45, 7) is 29.7. The van der Waals surface area contributed by atoms with Crippen LogP contribution in [0.4, 0.5) is 0 Å². The first-order valence-electron chi connectivity index (χ1n) is 23.8. The van der Waals surface area contributed by atoms with Crippen LogP contribution in [0, 0.1) is 16.2 Å². The molecule has 3 atom stereocenters. The van der Waals surface area contributed by atoms with E-state index >= 15 is 0 Å². The molecule has 0 aliphatic heterocycles. The number of aliphatic hydroxyl groups is 3. The van der Waals surface area contributed by atoms with Crippen LogP contribution in [0.25, 0.3) is 0 Å². The van der Waals surface area contributed by atoms with Gasteiger partial charge in [0, 0.05) is 23.1 Å². The summed E-state index contributed by atoms with van der Waals surface area (Å²) in [5.74, 6) is -4.57. The Labute approximate surface area is 425 Å². The highest BCUT2D eigenvalue weighted by Crippen LogP contribution is 2.23. The van der Waals surface area contributed by atoms with Crippen molar-refractivity contribution in [3.05, 3.63) is 36.5 Å². The number of carbonyl (C=O) groups excluding carboxylic acids is 9. The minimum absolute atomic E-state index is 0.0620. The average Bonchev–Trinajstić information content (AvgIpc) is 3.33. The molecule has 414 valence electrons. The van der Waals surface area contributed by atoms with E-state index in [0.29, 0.717) is 32.3 Å². The summed E-state index contributed by atoms with van der Waals surface area (Å²) in [5.41, 5.74) is -0.963. The van der Waals surface area contributed by atoms with Crippen molar-refractivity contribution >= 4 is 53.7 Å². The molecule has 0 saturated carbocycles. The van der Waals surface area contributed by atoms with E-state index in [-0.39, 0.29) is 107 Å². The van der Waals surface area contributed by atoms with E-state index in [1.165, 1.54) is 20.8 Å². The number of aliphatic hydroxyl groups excluding tert-OH is 3. The zero-order valence-corrected chi connectivity index (χ0v) is 44.8. The summed E-state index contributed by atoms with van der Waals surface area (Å²) in [5, 5.41) is 28.6. The van der Waals surface area contributed by atoms with Gasteiger partial charge >= 0.3 is 53.7 Å². The van der Waals surface area contributed by atoms with Gasteiger partial charge in [-0.25, -0.2) is 14.4 Å². The number of rotatable bonds is 33. The Morgan fingerprint density at radius 1 is 0.375 bits per heavy atom. The summed E-state index contributed by atoms with van der Waals surface area (Å²) in [7, 11) is 0. The molecule has 0 aliphatic carbocycles. The van der Waals surface area contributed by atoms with Gasteiger partial charge in [0.15, 0.2) is 0 Å². The molecule has 0 spiro atoms. The summed E-state index contributed by atoms with van der Waals surface area (Å²) < 4.78 is 43.9. The normalized spacial score (nSPS) is 12.2. The minimum Gasteiger partial charge on any atom is -0.465 e. The molecule has 21 nitrogen and oxygen atoms in total. The number of esters is 9. The fourth-order valence-corrected chi connectivity index (χ4v) is 4.02. The van der Waals surface area contributed by atoms with Crippen LogP contribution < -0.4 is 0 Å². The molecule has 0 bridgehead atoms. The second-order valence-electron chi connectivity index (χ2n) is 18.6. The maximum atomic E-state index is 11.8. The van der Waals surface area contributed by atoms with Gasteiger partial charge < -0.3 is 58.0 Å². The van der Waals surface area contributed by atoms with E-state index in [1.54, 1.807) is 27.7 Å². The van der Waals surface area contributed by atoms with E-state index in [0.717, 1.165) is 12.8 Å². The summed E-state index contributed by atoms with van der Waals surface area (Å²) in [4.78, 5) is 103. The second kappa shape index (κ2) is 38.0. The first kappa shape index (κ1) is 70.6. The number of hydrogen-bond acceptors (Lipinski definition) is 21. The Morgan fingerprint density at radius 2 is 0.653 bits per heavy atom. The fraction of sp³-hybridized carbons (Fsp3) is 0.706. The van der Waals surface area contributed by atoms with Crippen LogP contribution in [0.2, 0.25) is 0 Å². The monoisotopic (exact) mass is 1030 g/mol. The predicted molar refractivity (Wildman–Crippen MR) is 261 cm³/mol. The van der Waals surface area contributed by atoms with Gasteiger partial charge in [-0.05, 0) is 101 Å². The van der Waals surface area contributed by atoms with Crippen LogP contribution in [0.15, 0.2) is 36.5 Å². The Balaban J connectivity index is -0.00000102. The molecule has 0 aromatic heterocycles. The van der Waals surface area contributed by atoms with Gasteiger partial charge in [-0.3, -0.25) is 28.8 Å². The molecule has 0 aromatic rings. The van der Waals surface area contributed by atoms with E-state index in [2.05, 4.69) is 19.7 Å². The highest BCUT2D eigenvalue weighted by molar-refractivity contribution is 5.87. The van der Waals surface area contributed by atoms with Crippen molar-refractivity contribution in [2.75, 3.05) is 59.5 Å². The zero-order valence-electron chi connectivity index (χ0n) is 44.8. The maximum absolute atomic E-state index is 11.8. The van der Waals surface area contributed by atoms with Crippen LogP contribution in [-0.2, 0) is 85.8 Å².